The molecule has 2 aliphatic rings. The molecule has 0 fully saturated rings. The molecule has 2 aliphatic heterocycles. The number of rotatable bonds is 2. The monoisotopic (exact) mass is 380 g/mol. The molecule has 138 valence electrons. The number of anilines is 1. The Labute approximate surface area is 162 Å². The Morgan fingerprint density at radius 3 is 2.44 bits per heavy atom. The van der Waals surface area contributed by atoms with Crippen LogP contribution in [0.15, 0.2) is 53.6 Å². The van der Waals surface area contributed by atoms with E-state index in [9.17, 15) is 9.59 Å². The Bertz CT molecular complexity index is 981. The minimum Gasteiger partial charge on any atom is -0.483 e. The molecule has 1 spiro atoms. The maximum Gasteiger partial charge on any atom is 0.216 e. The quantitative estimate of drug-likeness (QED) is 0.781. The van der Waals surface area contributed by atoms with Crippen molar-refractivity contribution in [3.05, 3.63) is 59.7 Å². The number of thioether (sulfide) groups is 1. The number of hydrogen-bond donors (Lipinski definition) is 0. The molecule has 0 amide bonds. The van der Waals surface area contributed by atoms with E-state index in [1.807, 2.05) is 57.2 Å². The number of benzene rings is 2. The Balaban J connectivity index is 1.94. The number of para-hydroxylation sites is 1. The first kappa shape index (κ1) is 17.8. The van der Waals surface area contributed by atoms with Crippen LogP contribution in [0, 0.1) is 6.92 Å². The van der Waals surface area contributed by atoms with Gasteiger partial charge in [-0.15, -0.1) is 0 Å². The third-order valence-corrected chi connectivity index (χ3v) is 6.64. The zero-order valence-electron chi connectivity index (χ0n) is 15.6. The summed E-state index contributed by atoms with van der Waals surface area (Å²) in [4.78, 5) is 24.7. The standard InChI is InChI=1S/C21H20N2O3S/c1-13-9-11-15(12-10-13)23-21(27-19(22-23)14(2)24)18(25)16-7-5-6-8-17(16)26-20(21,3)4/h5-12H,1-4H3/t21-/m1/s1. The number of hydrogen-bond acceptors (Lipinski definition) is 6. The summed E-state index contributed by atoms with van der Waals surface area (Å²) in [5, 5.41) is 6.51. The first-order valence-corrected chi connectivity index (χ1v) is 9.56. The van der Waals surface area contributed by atoms with E-state index in [-0.39, 0.29) is 11.6 Å². The van der Waals surface area contributed by atoms with E-state index in [2.05, 4.69) is 5.10 Å². The molecule has 0 saturated carbocycles. The van der Waals surface area contributed by atoms with E-state index in [1.54, 1.807) is 17.1 Å². The van der Waals surface area contributed by atoms with Crippen molar-refractivity contribution < 1.29 is 14.3 Å². The molecule has 27 heavy (non-hydrogen) atoms. The molecule has 4 rings (SSSR count). The lowest BCUT2D eigenvalue weighted by Gasteiger charge is -2.49. The molecule has 0 bridgehead atoms. The molecule has 0 N–H and O–H groups in total. The maximum absolute atomic E-state index is 13.7. The highest BCUT2D eigenvalue weighted by molar-refractivity contribution is 8.18. The number of nitrogens with zero attached hydrogens (tertiary/aromatic N) is 2. The van der Waals surface area contributed by atoms with E-state index in [1.165, 1.54) is 18.7 Å². The van der Waals surface area contributed by atoms with Gasteiger partial charge in [-0.1, -0.05) is 41.6 Å². The van der Waals surface area contributed by atoms with E-state index >= 15 is 0 Å². The van der Waals surface area contributed by atoms with Gasteiger partial charge in [0.05, 0.1) is 11.3 Å². The first-order chi connectivity index (χ1) is 12.8. The predicted molar refractivity (Wildman–Crippen MR) is 108 cm³/mol. The fraction of sp³-hybridized carbons (Fsp3) is 0.286. The van der Waals surface area contributed by atoms with Crippen molar-refractivity contribution in [1.29, 1.82) is 0 Å². The molecule has 2 aromatic carbocycles. The molecule has 5 nitrogen and oxygen atoms in total. The average Bonchev–Trinajstić information content (AvgIpc) is 3.03. The van der Waals surface area contributed by atoms with Crippen molar-refractivity contribution in [2.24, 2.45) is 5.10 Å². The van der Waals surface area contributed by atoms with Gasteiger partial charge in [-0.2, -0.15) is 5.10 Å². The van der Waals surface area contributed by atoms with Crippen molar-refractivity contribution in [1.82, 2.24) is 0 Å². The van der Waals surface area contributed by atoms with Crippen LogP contribution in [-0.4, -0.2) is 27.1 Å². The third-order valence-electron chi connectivity index (χ3n) is 4.93. The lowest BCUT2D eigenvalue weighted by atomic mass is 9.85. The number of aryl methyl sites for hydroxylation is 1. The van der Waals surface area contributed by atoms with E-state index < -0.39 is 10.5 Å². The largest absolute Gasteiger partial charge is 0.483 e. The minimum atomic E-state index is -1.20. The fourth-order valence-electron chi connectivity index (χ4n) is 3.50. The molecule has 2 aromatic rings. The summed E-state index contributed by atoms with van der Waals surface area (Å²) in [7, 11) is 0. The highest BCUT2D eigenvalue weighted by Gasteiger charge is 2.65. The second-order valence-corrected chi connectivity index (χ2v) is 8.47. The van der Waals surface area contributed by atoms with Crippen molar-refractivity contribution in [2.45, 2.75) is 38.2 Å². The number of ketones is 2. The Hall–Kier alpha value is -2.60. The lowest BCUT2D eigenvalue weighted by molar-refractivity contribution is -0.110. The SMILES string of the molecule is CC(=O)C1=NN(c2ccc(C)cc2)[C@@]2(S1)C(=O)c1ccccc1OC2(C)C. The number of Topliss-reactive ketones (excluding diaryl/α,β-unsaturated/α-hetero) is 2. The van der Waals surface area contributed by atoms with Gasteiger partial charge in [0.1, 0.15) is 11.4 Å². The Kier molecular flexibility index (Phi) is 3.93. The molecule has 0 aromatic heterocycles. The molecule has 0 aliphatic carbocycles. The van der Waals surface area contributed by atoms with Gasteiger partial charge in [-0.05, 0) is 45.0 Å². The molecule has 0 saturated heterocycles. The van der Waals surface area contributed by atoms with Gasteiger partial charge in [-0.25, -0.2) is 5.01 Å². The zero-order valence-corrected chi connectivity index (χ0v) is 16.5. The van der Waals surface area contributed by atoms with Crippen molar-refractivity contribution in [3.63, 3.8) is 0 Å². The van der Waals surface area contributed by atoms with Crippen LogP contribution >= 0.6 is 11.8 Å². The van der Waals surface area contributed by atoms with Gasteiger partial charge in [0, 0.05) is 6.92 Å². The Morgan fingerprint density at radius 2 is 1.78 bits per heavy atom. The summed E-state index contributed by atoms with van der Waals surface area (Å²) in [6.07, 6.45) is 0. The average molecular weight is 380 g/mol. The van der Waals surface area contributed by atoms with Crippen LogP contribution in [0.5, 0.6) is 5.75 Å². The summed E-state index contributed by atoms with van der Waals surface area (Å²) >= 11 is 1.18. The molecular weight excluding hydrogens is 360 g/mol. The van der Waals surface area contributed by atoms with Crippen LogP contribution in [0.1, 0.15) is 36.7 Å². The number of carbonyl (C=O) groups excluding carboxylic acids is 2. The van der Waals surface area contributed by atoms with Crippen molar-refractivity contribution in [3.8, 4) is 5.75 Å². The highest BCUT2D eigenvalue weighted by atomic mass is 32.2. The number of carbonyl (C=O) groups is 2. The van der Waals surface area contributed by atoms with E-state index in [0.717, 1.165) is 11.3 Å². The van der Waals surface area contributed by atoms with Gasteiger partial charge in [0.2, 0.25) is 10.7 Å². The third kappa shape index (κ3) is 2.51. The summed E-state index contributed by atoms with van der Waals surface area (Å²) < 4.78 is 6.26. The van der Waals surface area contributed by atoms with Crippen LogP contribution in [-0.2, 0) is 4.79 Å². The lowest BCUT2D eigenvalue weighted by Crippen LogP contribution is -2.66. The molecule has 1 atom stereocenters. The highest BCUT2D eigenvalue weighted by Crippen LogP contribution is 2.54. The van der Waals surface area contributed by atoms with Crippen LogP contribution in [0.25, 0.3) is 0 Å². The number of hydrazone groups is 1. The van der Waals surface area contributed by atoms with Crippen LogP contribution in [0.4, 0.5) is 5.69 Å². The second kappa shape index (κ2) is 5.96. The van der Waals surface area contributed by atoms with E-state index in [4.69, 9.17) is 4.74 Å². The predicted octanol–water partition coefficient (Wildman–Crippen LogP) is 4.20. The summed E-state index contributed by atoms with van der Waals surface area (Å²) in [6, 6.07) is 15.0. The first-order valence-electron chi connectivity index (χ1n) is 8.74. The van der Waals surface area contributed by atoms with E-state index in [0.29, 0.717) is 16.4 Å². The maximum atomic E-state index is 13.7. The summed E-state index contributed by atoms with van der Waals surface area (Å²) in [5.41, 5.74) is 1.43. The molecule has 0 radical (unpaired) electrons. The van der Waals surface area contributed by atoms with Gasteiger partial charge >= 0.3 is 0 Å². The molecule has 0 unspecified atom stereocenters. The van der Waals surface area contributed by atoms with Crippen molar-refractivity contribution in [2.75, 3.05) is 5.01 Å². The normalized spacial score (nSPS) is 23.0. The summed E-state index contributed by atoms with van der Waals surface area (Å²) in [6.45, 7) is 7.20. The second-order valence-electron chi connectivity index (χ2n) is 7.29. The Morgan fingerprint density at radius 1 is 1.11 bits per heavy atom. The number of fused-ring (bicyclic) bond motifs is 1. The van der Waals surface area contributed by atoms with Crippen LogP contribution < -0.4 is 9.75 Å². The molecule has 2 heterocycles. The van der Waals surface area contributed by atoms with Gasteiger partial charge < -0.3 is 4.74 Å². The van der Waals surface area contributed by atoms with Gasteiger partial charge in [0.25, 0.3) is 0 Å². The van der Waals surface area contributed by atoms with Crippen molar-refractivity contribution >= 4 is 34.1 Å². The smallest absolute Gasteiger partial charge is 0.216 e. The zero-order chi connectivity index (χ0) is 19.4. The molecular formula is C21H20N2O3S. The number of ether oxygens (including phenoxy) is 1. The minimum absolute atomic E-state index is 0.111. The fourth-order valence-corrected chi connectivity index (χ4v) is 4.77. The topological polar surface area (TPSA) is 59.0 Å². The van der Waals surface area contributed by atoms with Crippen LogP contribution in [0.2, 0.25) is 0 Å². The molecule has 6 heteroatoms. The van der Waals surface area contributed by atoms with Gasteiger partial charge in [0.15, 0.2) is 10.8 Å². The van der Waals surface area contributed by atoms with Crippen LogP contribution in [0.3, 0.4) is 0 Å². The van der Waals surface area contributed by atoms with Gasteiger partial charge in [-0.3, -0.25) is 9.59 Å². The summed E-state index contributed by atoms with van der Waals surface area (Å²) in [5.74, 6) is 0.273.